The second-order valence-corrected chi connectivity index (χ2v) is 6.85. The van der Waals surface area contributed by atoms with Crippen LogP contribution in [0.15, 0.2) is 65.1 Å². The van der Waals surface area contributed by atoms with Gasteiger partial charge < -0.3 is 4.42 Å². The Morgan fingerprint density at radius 1 is 1.00 bits per heavy atom. The van der Waals surface area contributed by atoms with E-state index in [0.717, 1.165) is 0 Å². The standard InChI is InChI=1S/C21H12Cl2N2O3/c22-14-5-10-18(23)17(12-14)20-11-9-16(28-20)8-7-15-6-4-13-2-1-3-19(25(26)27)21(13)24-15/h1-12H/b8-7+. The normalized spacial score (nSPS) is 11.4. The zero-order chi connectivity index (χ0) is 19.7. The molecule has 0 radical (unpaired) electrons. The van der Waals surface area contributed by atoms with Crippen molar-refractivity contribution < 1.29 is 9.34 Å². The number of fused-ring (bicyclic) bond motifs is 1. The topological polar surface area (TPSA) is 69.2 Å². The number of non-ortho nitro benzene ring substituents is 1. The molecule has 28 heavy (non-hydrogen) atoms. The van der Waals surface area contributed by atoms with Crippen LogP contribution < -0.4 is 0 Å². The molecule has 0 N–H and O–H groups in total. The Kier molecular flexibility index (Phi) is 4.86. The molecule has 0 saturated carbocycles. The lowest BCUT2D eigenvalue weighted by molar-refractivity contribution is -0.383. The molecule has 0 fully saturated rings. The first-order chi connectivity index (χ1) is 13.5. The van der Waals surface area contributed by atoms with Crippen LogP contribution in [0.1, 0.15) is 11.5 Å². The molecule has 0 aliphatic rings. The highest BCUT2D eigenvalue weighted by Gasteiger charge is 2.12. The van der Waals surface area contributed by atoms with E-state index in [2.05, 4.69) is 4.98 Å². The van der Waals surface area contributed by atoms with Crippen molar-refractivity contribution in [2.75, 3.05) is 0 Å². The molecule has 138 valence electrons. The van der Waals surface area contributed by atoms with Gasteiger partial charge in [0, 0.05) is 22.0 Å². The number of aromatic nitrogens is 1. The average Bonchev–Trinajstić information content (AvgIpc) is 3.16. The molecule has 4 rings (SSSR count). The van der Waals surface area contributed by atoms with E-state index in [1.165, 1.54) is 6.07 Å². The zero-order valence-electron chi connectivity index (χ0n) is 14.3. The van der Waals surface area contributed by atoms with Gasteiger partial charge in [0.15, 0.2) is 0 Å². The number of rotatable bonds is 4. The van der Waals surface area contributed by atoms with Crippen molar-refractivity contribution >= 4 is 51.9 Å². The molecule has 0 aliphatic heterocycles. The number of halogens is 2. The molecule has 0 bridgehead atoms. The molecule has 4 aromatic rings. The van der Waals surface area contributed by atoms with Gasteiger partial charge in [-0.1, -0.05) is 41.4 Å². The van der Waals surface area contributed by atoms with Crippen molar-refractivity contribution in [1.29, 1.82) is 0 Å². The summed E-state index contributed by atoms with van der Waals surface area (Å²) in [6, 6.07) is 17.2. The monoisotopic (exact) mass is 410 g/mol. The van der Waals surface area contributed by atoms with Crippen molar-refractivity contribution in [3.8, 4) is 11.3 Å². The molecule has 0 aliphatic carbocycles. The number of pyridine rings is 1. The van der Waals surface area contributed by atoms with Crippen LogP contribution in [0.25, 0.3) is 34.4 Å². The maximum Gasteiger partial charge on any atom is 0.295 e. The van der Waals surface area contributed by atoms with Crippen LogP contribution in [0.3, 0.4) is 0 Å². The highest BCUT2D eigenvalue weighted by Crippen LogP contribution is 2.32. The number of hydrogen-bond donors (Lipinski definition) is 0. The Morgan fingerprint density at radius 2 is 1.86 bits per heavy atom. The number of hydrogen-bond acceptors (Lipinski definition) is 4. The molecule has 0 amide bonds. The van der Waals surface area contributed by atoms with E-state index in [1.807, 2.05) is 0 Å². The second kappa shape index (κ2) is 7.46. The molecule has 0 atom stereocenters. The summed E-state index contributed by atoms with van der Waals surface area (Å²) in [5, 5.41) is 13.0. The second-order valence-electron chi connectivity index (χ2n) is 6.00. The summed E-state index contributed by atoms with van der Waals surface area (Å²) in [5.41, 5.74) is 1.61. The van der Waals surface area contributed by atoms with Gasteiger partial charge in [-0.25, -0.2) is 4.98 Å². The van der Waals surface area contributed by atoms with Crippen molar-refractivity contribution in [2.24, 2.45) is 0 Å². The van der Waals surface area contributed by atoms with Crippen LogP contribution in [0.4, 0.5) is 5.69 Å². The number of nitrogens with zero attached hydrogens (tertiary/aromatic N) is 2. The highest BCUT2D eigenvalue weighted by molar-refractivity contribution is 6.35. The lowest BCUT2D eigenvalue weighted by Crippen LogP contribution is -1.92. The Balaban J connectivity index is 1.65. The van der Waals surface area contributed by atoms with Gasteiger partial charge in [0.05, 0.1) is 15.6 Å². The van der Waals surface area contributed by atoms with E-state index in [1.54, 1.807) is 66.7 Å². The fourth-order valence-electron chi connectivity index (χ4n) is 2.83. The lowest BCUT2D eigenvalue weighted by Gasteiger charge is -2.01. The van der Waals surface area contributed by atoms with Crippen LogP contribution in [-0.4, -0.2) is 9.91 Å². The number of benzene rings is 2. The molecule has 0 unspecified atom stereocenters. The molecule has 5 nitrogen and oxygen atoms in total. The summed E-state index contributed by atoms with van der Waals surface area (Å²) < 4.78 is 5.81. The maximum absolute atomic E-state index is 11.2. The van der Waals surface area contributed by atoms with E-state index in [-0.39, 0.29) is 5.69 Å². The van der Waals surface area contributed by atoms with Crippen LogP contribution in [0.2, 0.25) is 10.0 Å². The SMILES string of the molecule is O=[N+]([O-])c1cccc2ccc(/C=C/c3ccc(-c4cc(Cl)ccc4Cl)o3)nc12. The Labute approximate surface area is 170 Å². The van der Waals surface area contributed by atoms with Gasteiger partial charge >= 0.3 is 0 Å². The predicted molar refractivity (Wildman–Crippen MR) is 111 cm³/mol. The first-order valence-corrected chi connectivity index (χ1v) is 9.04. The first-order valence-electron chi connectivity index (χ1n) is 8.29. The molecule has 2 aromatic carbocycles. The molecule has 2 heterocycles. The van der Waals surface area contributed by atoms with Crippen molar-refractivity contribution in [2.45, 2.75) is 0 Å². The molecule has 7 heteroatoms. The summed E-state index contributed by atoms with van der Waals surface area (Å²) >= 11 is 12.2. The zero-order valence-corrected chi connectivity index (χ0v) is 15.8. The largest absolute Gasteiger partial charge is 0.457 e. The van der Waals surface area contributed by atoms with Gasteiger partial charge in [-0.2, -0.15) is 0 Å². The number of furan rings is 1. The van der Waals surface area contributed by atoms with Gasteiger partial charge in [0.2, 0.25) is 0 Å². The van der Waals surface area contributed by atoms with Crippen molar-refractivity contribution in [3.63, 3.8) is 0 Å². The van der Waals surface area contributed by atoms with Crippen LogP contribution >= 0.6 is 23.2 Å². The minimum atomic E-state index is -0.434. The van der Waals surface area contributed by atoms with Gasteiger partial charge in [0.1, 0.15) is 17.0 Å². The lowest BCUT2D eigenvalue weighted by atomic mass is 10.1. The van der Waals surface area contributed by atoms with Gasteiger partial charge in [-0.3, -0.25) is 10.1 Å². The van der Waals surface area contributed by atoms with Crippen molar-refractivity contribution in [1.82, 2.24) is 4.98 Å². The third-order valence-corrected chi connectivity index (χ3v) is 4.72. The van der Waals surface area contributed by atoms with E-state index < -0.39 is 4.92 Å². The minimum Gasteiger partial charge on any atom is -0.457 e. The quantitative estimate of drug-likeness (QED) is 0.271. The Hall–Kier alpha value is -3.15. The Bertz CT molecular complexity index is 1230. The minimum absolute atomic E-state index is 0.0244. The first kappa shape index (κ1) is 18.2. The van der Waals surface area contributed by atoms with Crippen molar-refractivity contribution in [3.05, 3.63) is 92.3 Å². The third-order valence-electron chi connectivity index (χ3n) is 4.16. The molecular formula is C21H12Cl2N2O3. The smallest absolute Gasteiger partial charge is 0.295 e. The number of para-hydroxylation sites is 1. The molecule has 2 aromatic heterocycles. The Morgan fingerprint density at radius 3 is 2.68 bits per heavy atom. The molecule has 0 spiro atoms. The highest BCUT2D eigenvalue weighted by atomic mass is 35.5. The van der Waals surface area contributed by atoms with Gasteiger partial charge in [0.25, 0.3) is 5.69 Å². The van der Waals surface area contributed by atoms with E-state index in [9.17, 15) is 10.1 Å². The predicted octanol–water partition coefficient (Wildman–Crippen LogP) is 6.88. The third kappa shape index (κ3) is 3.63. The summed E-state index contributed by atoms with van der Waals surface area (Å²) in [6.45, 7) is 0. The van der Waals surface area contributed by atoms with E-state index in [0.29, 0.717) is 43.7 Å². The van der Waals surface area contributed by atoms with Crippen LogP contribution in [-0.2, 0) is 0 Å². The fraction of sp³-hybridized carbons (Fsp3) is 0. The summed E-state index contributed by atoms with van der Waals surface area (Å²) in [5.74, 6) is 1.18. The summed E-state index contributed by atoms with van der Waals surface area (Å²) in [4.78, 5) is 15.2. The summed E-state index contributed by atoms with van der Waals surface area (Å²) in [7, 11) is 0. The van der Waals surface area contributed by atoms with Gasteiger partial charge in [-0.15, -0.1) is 0 Å². The maximum atomic E-state index is 11.2. The average molecular weight is 411 g/mol. The van der Waals surface area contributed by atoms with E-state index >= 15 is 0 Å². The van der Waals surface area contributed by atoms with Gasteiger partial charge in [-0.05, 0) is 48.6 Å². The molecule has 0 saturated heterocycles. The van der Waals surface area contributed by atoms with E-state index in [4.69, 9.17) is 27.6 Å². The number of nitro groups is 1. The van der Waals surface area contributed by atoms with Crippen LogP contribution in [0.5, 0.6) is 0 Å². The fourth-order valence-corrected chi connectivity index (χ4v) is 3.21. The summed E-state index contributed by atoms with van der Waals surface area (Å²) in [6.07, 6.45) is 3.48. The molecular weight excluding hydrogens is 399 g/mol. The van der Waals surface area contributed by atoms with Crippen LogP contribution in [0, 0.1) is 10.1 Å². The number of nitro benzene ring substituents is 1.